The smallest absolute Gasteiger partial charge is 0.262 e. The predicted molar refractivity (Wildman–Crippen MR) is 96.2 cm³/mol. The van der Waals surface area contributed by atoms with Gasteiger partial charge >= 0.3 is 0 Å². The molecule has 1 amide bonds. The van der Waals surface area contributed by atoms with Crippen LogP contribution in [0.5, 0.6) is 5.88 Å². The molecule has 0 saturated carbocycles. The molecule has 1 aliphatic heterocycles. The Bertz CT molecular complexity index is 947. The molecule has 10 heteroatoms. The molecule has 1 N–H and O–H groups in total. The molecule has 0 aromatic carbocycles. The van der Waals surface area contributed by atoms with Crippen molar-refractivity contribution in [2.24, 2.45) is 0 Å². The number of aromatic nitrogens is 3. The second-order valence-corrected chi connectivity index (χ2v) is 6.70. The van der Waals surface area contributed by atoms with Gasteiger partial charge in [-0.2, -0.15) is 0 Å². The molecule has 4 heterocycles. The fourth-order valence-electron chi connectivity index (χ4n) is 2.79. The highest BCUT2D eigenvalue weighted by Gasteiger charge is 2.21. The minimum Gasteiger partial charge on any atom is -0.479 e. The number of nitrogens with one attached hydrogen (secondary N) is 1. The second-order valence-electron chi connectivity index (χ2n) is 5.70. The third-order valence-corrected chi connectivity index (χ3v) is 5.12. The maximum atomic E-state index is 12.4. The van der Waals surface area contributed by atoms with E-state index in [9.17, 15) is 4.79 Å². The SMILES string of the molecule is COc1ncc(N2CCOCC2)c2sc(NC(=O)c3cnoc3C)nc12. The van der Waals surface area contributed by atoms with E-state index >= 15 is 0 Å². The molecule has 9 nitrogen and oxygen atoms in total. The van der Waals surface area contributed by atoms with Crippen LogP contribution in [0, 0.1) is 6.92 Å². The fraction of sp³-hybridized carbons (Fsp3) is 0.375. The number of methoxy groups -OCH3 is 1. The molecule has 1 fully saturated rings. The molecule has 0 radical (unpaired) electrons. The van der Waals surface area contributed by atoms with Gasteiger partial charge in [-0.1, -0.05) is 16.5 Å². The van der Waals surface area contributed by atoms with Gasteiger partial charge in [-0.15, -0.1) is 0 Å². The summed E-state index contributed by atoms with van der Waals surface area (Å²) in [6.45, 7) is 4.58. The van der Waals surface area contributed by atoms with Crippen molar-refractivity contribution in [2.75, 3.05) is 43.6 Å². The van der Waals surface area contributed by atoms with Crippen LogP contribution < -0.4 is 15.0 Å². The average Bonchev–Trinajstić information content (AvgIpc) is 3.27. The molecule has 1 saturated heterocycles. The third-order valence-electron chi connectivity index (χ3n) is 4.13. The van der Waals surface area contributed by atoms with Gasteiger partial charge in [0.25, 0.3) is 5.91 Å². The van der Waals surface area contributed by atoms with Crippen LogP contribution in [0.2, 0.25) is 0 Å². The lowest BCUT2D eigenvalue weighted by atomic mass is 10.2. The summed E-state index contributed by atoms with van der Waals surface area (Å²) in [5.41, 5.74) is 1.96. The van der Waals surface area contributed by atoms with Crippen LogP contribution in [0.4, 0.5) is 10.8 Å². The fourth-order valence-corrected chi connectivity index (χ4v) is 3.78. The van der Waals surface area contributed by atoms with Gasteiger partial charge in [-0.05, 0) is 6.92 Å². The van der Waals surface area contributed by atoms with Gasteiger partial charge in [0.1, 0.15) is 16.8 Å². The van der Waals surface area contributed by atoms with Gasteiger partial charge in [0.05, 0.1) is 43.1 Å². The Kier molecular flexibility index (Phi) is 4.43. The summed E-state index contributed by atoms with van der Waals surface area (Å²) in [5, 5.41) is 6.89. The first-order chi connectivity index (χ1) is 12.7. The number of amides is 1. The maximum Gasteiger partial charge on any atom is 0.262 e. The Hall–Kier alpha value is -2.72. The molecule has 0 atom stereocenters. The van der Waals surface area contributed by atoms with Crippen molar-refractivity contribution < 1.29 is 18.8 Å². The van der Waals surface area contributed by atoms with Crippen molar-refractivity contribution in [2.45, 2.75) is 6.92 Å². The minimum absolute atomic E-state index is 0.317. The highest BCUT2D eigenvalue weighted by Crippen LogP contribution is 2.38. The molecule has 26 heavy (non-hydrogen) atoms. The van der Waals surface area contributed by atoms with E-state index in [0.29, 0.717) is 41.1 Å². The summed E-state index contributed by atoms with van der Waals surface area (Å²) in [5.74, 6) is 0.564. The summed E-state index contributed by atoms with van der Waals surface area (Å²) >= 11 is 1.38. The van der Waals surface area contributed by atoms with Gasteiger partial charge in [-0.25, -0.2) is 9.97 Å². The minimum atomic E-state index is -0.317. The zero-order valence-corrected chi connectivity index (χ0v) is 15.1. The Balaban J connectivity index is 1.70. The number of anilines is 2. The second kappa shape index (κ2) is 6.89. The molecule has 0 bridgehead atoms. The van der Waals surface area contributed by atoms with Crippen molar-refractivity contribution in [3.8, 4) is 5.88 Å². The van der Waals surface area contributed by atoms with Crippen molar-refractivity contribution in [1.29, 1.82) is 0 Å². The largest absolute Gasteiger partial charge is 0.479 e. The van der Waals surface area contributed by atoms with Gasteiger partial charge in [0, 0.05) is 13.1 Å². The quantitative estimate of drug-likeness (QED) is 0.739. The van der Waals surface area contributed by atoms with Crippen LogP contribution in [-0.2, 0) is 4.74 Å². The number of pyridine rings is 1. The van der Waals surface area contributed by atoms with Gasteiger partial charge < -0.3 is 18.9 Å². The Morgan fingerprint density at radius 3 is 2.85 bits per heavy atom. The van der Waals surface area contributed by atoms with E-state index in [2.05, 4.69) is 25.3 Å². The van der Waals surface area contributed by atoms with Crippen molar-refractivity contribution in [3.63, 3.8) is 0 Å². The third kappa shape index (κ3) is 2.97. The molecule has 3 aromatic heterocycles. The number of morpholine rings is 1. The molecular formula is C16H17N5O4S. The van der Waals surface area contributed by atoms with Crippen molar-refractivity contribution in [3.05, 3.63) is 23.7 Å². The molecule has 3 aromatic rings. The Labute approximate surface area is 152 Å². The monoisotopic (exact) mass is 375 g/mol. The van der Waals surface area contributed by atoms with Crippen LogP contribution in [0.1, 0.15) is 16.1 Å². The first kappa shape index (κ1) is 16.7. The number of hydrogen-bond acceptors (Lipinski definition) is 9. The first-order valence-electron chi connectivity index (χ1n) is 8.06. The summed E-state index contributed by atoms with van der Waals surface area (Å²) in [6.07, 6.45) is 3.17. The molecule has 0 unspecified atom stereocenters. The summed E-state index contributed by atoms with van der Waals surface area (Å²) < 4.78 is 16.6. The van der Waals surface area contributed by atoms with Crippen LogP contribution in [0.3, 0.4) is 0 Å². The van der Waals surface area contributed by atoms with E-state index in [1.807, 2.05) is 0 Å². The predicted octanol–water partition coefficient (Wildman–Crippen LogP) is 2.09. The van der Waals surface area contributed by atoms with E-state index in [-0.39, 0.29) is 5.91 Å². The summed E-state index contributed by atoms with van der Waals surface area (Å²) in [4.78, 5) is 23.5. The van der Waals surface area contributed by atoms with E-state index in [1.54, 1.807) is 20.2 Å². The molecular weight excluding hydrogens is 358 g/mol. The summed E-state index contributed by atoms with van der Waals surface area (Å²) in [7, 11) is 1.55. The Morgan fingerprint density at radius 2 is 2.15 bits per heavy atom. The van der Waals surface area contributed by atoms with Crippen LogP contribution in [-0.4, -0.2) is 54.4 Å². The average molecular weight is 375 g/mol. The van der Waals surface area contributed by atoms with Crippen molar-refractivity contribution >= 4 is 38.3 Å². The lowest BCUT2D eigenvalue weighted by Crippen LogP contribution is -2.36. The van der Waals surface area contributed by atoms with Crippen LogP contribution in [0.15, 0.2) is 16.9 Å². The standard InChI is InChI=1S/C16H17N5O4S/c1-9-10(7-18-25-9)14(22)20-16-19-12-13(26-16)11(8-17-15(12)23-2)21-3-5-24-6-4-21/h7-8H,3-6H2,1-2H3,(H,19,20,22). The number of carbonyl (C=O) groups is 1. The van der Waals surface area contributed by atoms with E-state index in [0.717, 1.165) is 23.5 Å². The summed E-state index contributed by atoms with van der Waals surface area (Å²) in [6, 6.07) is 0. The van der Waals surface area contributed by atoms with Crippen LogP contribution in [0.25, 0.3) is 10.2 Å². The number of ether oxygens (including phenoxy) is 2. The van der Waals surface area contributed by atoms with E-state index < -0.39 is 0 Å². The molecule has 136 valence electrons. The number of rotatable bonds is 4. The topological polar surface area (TPSA) is 103 Å². The Morgan fingerprint density at radius 1 is 1.35 bits per heavy atom. The van der Waals surface area contributed by atoms with Crippen molar-refractivity contribution in [1.82, 2.24) is 15.1 Å². The number of nitrogens with zero attached hydrogens (tertiary/aromatic N) is 4. The van der Waals surface area contributed by atoms with Crippen LogP contribution >= 0.6 is 11.3 Å². The number of carbonyl (C=O) groups excluding carboxylic acids is 1. The molecule has 4 rings (SSSR count). The first-order valence-corrected chi connectivity index (χ1v) is 8.88. The maximum absolute atomic E-state index is 12.4. The molecule has 0 aliphatic carbocycles. The zero-order valence-electron chi connectivity index (χ0n) is 14.3. The normalized spacial score (nSPS) is 14.6. The van der Waals surface area contributed by atoms with Gasteiger partial charge in [-0.3, -0.25) is 10.1 Å². The highest BCUT2D eigenvalue weighted by atomic mass is 32.1. The lowest BCUT2D eigenvalue weighted by molar-refractivity contribution is 0.102. The van der Waals surface area contributed by atoms with E-state index in [1.165, 1.54) is 17.5 Å². The lowest BCUT2D eigenvalue weighted by Gasteiger charge is -2.28. The molecule has 0 spiro atoms. The van der Waals surface area contributed by atoms with Gasteiger partial charge in [0.2, 0.25) is 5.88 Å². The number of thiazole rings is 1. The van der Waals surface area contributed by atoms with Gasteiger partial charge in [0.15, 0.2) is 5.13 Å². The highest BCUT2D eigenvalue weighted by molar-refractivity contribution is 7.23. The number of fused-ring (bicyclic) bond motifs is 1. The van der Waals surface area contributed by atoms with E-state index in [4.69, 9.17) is 14.0 Å². The zero-order chi connectivity index (χ0) is 18.1. The number of hydrogen-bond donors (Lipinski definition) is 1. The number of aryl methyl sites for hydroxylation is 1. The molecule has 1 aliphatic rings.